The van der Waals surface area contributed by atoms with Gasteiger partial charge in [0, 0.05) is 32.7 Å². The number of piperidine rings is 1. The fourth-order valence-corrected chi connectivity index (χ4v) is 2.68. The minimum absolute atomic E-state index is 0.215. The molecular formula is C16H27N5O2. The molecule has 23 heavy (non-hydrogen) atoms. The van der Waals surface area contributed by atoms with E-state index < -0.39 is 5.60 Å². The summed E-state index contributed by atoms with van der Waals surface area (Å²) in [6.45, 7) is 8.03. The highest BCUT2D eigenvalue weighted by Gasteiger charge is 2.27. The topological polar surface area (TPSA) is 84.6 Å². The van der Waals surface area contributed by atoms with Crippen LogP contribution in [-0.4, -0.2) is 53.2 Å². The van der Waals surface area contributed by atoms with Crippen LogP contribution >= 0.6 is 0 Å². The number of aromatic nitrogens is 2. The lowest BCUT2D eigenvalue weighted by atomic mass is 9.96. The Hall–Kier alpha value is -2.05. The highest BCUT2D eigenvalue weighted by molar-refractivity contribution is 5.68. The lowest BCUT2D eigenvalue weighted by Crippen LogP contribution is -2.43. The summed E-state index contributed by atoms with van der Waals surface area (Å²) in [6, 6.07) is 1.77. The number of nitrogens with zero attached hydrogens (tertiary/aromatic N) is 4. The quantitative estimate of drug-likeness (QED) is 0.918. The molecule has 1 aromatic heterocycles. The highest BCUT2D eigenvalue weighted by Crippen LogP contribution is 2.22. The second-order valence-electron chi connectivity index (χ2n) is 7.09. The summed E-state index contributed by atoms with van der Waals surface area (Å²) in [5.74, 6) is 1.82. The monoisotopic (exact) mass is 321 g/mol. The fourth-order valence-electron chi connectivity index (χ4n) is 2.68. The Balaban J connectivity index is 1.81. The maximum absolute atomic E-state index is 12.1. The molecule has 0 aliphatic carbocycles. The molecular weight excluding hydrogens is 294 g/mol. The number of carbonyl (C=O) groups is 1. The van der Waals surface area contributed by atoms with Crippen molar-refractivity contribution in [3.8, 4) is 0 Å². The maximum Gasteiger partial charge on any atom is 0.410 e. The zero-order chi connectivity index (χ0) is 17.0. The van der Waals surface area contributed by atoms with Gasteiger partial charge in [-0.15, -0.1) is 0 Å². The molecule has 7 heteroatoms. The Bertz CT molecular complexity index is 536. The largest absolute Gasteiger partial charge is 0.444 e. The number of rotatable bonds is 3. The van der Waals surface area contributed by atoms with Crippen molar-refractivity contribution in [3.05, 3.63) is 12.4 Å². The van der Waals surface area contributed by atoms with Crippen molar-refractivity contribution in [2.75, 3.05) is 37.3 Å². The summed E-state index contributed by atoms with van der Waals surface area (Å²) in [5.41, 5.74) is 5.25. The molecule has 0 bridgehead atoms. The molecule has 128 valence electrons. The number of anilines is 2. The molecule has 1 amide bonds. The molecule has 0 saturated carbocycles. The van der Waals surface area contributed by atoms with Crippen LogP contribution in [0.25, 0.3) is 0 Å². The van der Waals surface area contributed by atoms with E-state index in [-0.39, 0.29) is 6.09 Å². The zero-order valence-corrected chi connectivity index (χ0v) is 14.5. The Morgan fingerprint density at radius 3 is 2.61 bits per heavy atom. The number of hydrogen-bond acceptors (Lipinski definition) is 6. The molecule has 2 rings (SSSR count). The number of hydrogen-bond donors (Lipinski definition) is 1. The third-order valence-corrected chi connectivity index (χ3v) is 3.86. The van der Waals surface area contributed by atoms with Crippen LogP contribution in [-0.2, 0) is 4.74 Å². The van der Waals surface area contributed by atoms with Crippen LogP contribution in [0, 0.1) is 5.92 Å². The minimum atomic E-state index is -0.443. The molecule has 0 spiro atoms. The van der Waals surface area contributed by atoms with Gasteiger partial charge in [-0.25, -0.2) is 14.8 Å². The Kier molecular flexibility index (Phi) is 5.28. The lowest BCUT2D eigenvalue weighted by molar-refractivity contribution is 0.0186. The molecule has 0 unspecified atom stereocenters. The molecule has 1 aromatic rings. The predicted molar refractivity (Wildman–Crippen MR) is 90.2 cm³/mol. The van der Waals surface area contributed by atoms with Crippen LogP contribution in [0.5, 0.6) is 0 Å². The average Bonchev–Trinajstić information content (AvgIpc) is 2.46. The van der Waals surface area contributed by atoms with E-state index in [1.54, 1.807) is 11.0 Å². The number of likely N-dealkylation sites (tertiary alicyclic amines) is 1. The third-order valence-electron chi connectivity index (χ3n) is 3.86. The molecule has 0 radical (unpaired) electrons. The summed E-state index contributed by atoms with van der Waals surface area (Å²) in [5, 5.41) is 0. The summed E-state index contributed by atoms with van der Waals surface area (Å²) >= 11 is 0. The maximum atomic E-state index is 12.1. The van der Waals surface area contributed by atoms with Gasteiger partial charge in [0.15, 0.2) is 0 Å². The van der Waals surface area contributed by atoms with E-state index in [2.05, 4.69) is 14.9 Å². The van der Waals surface area contributed by atoms with Crippen molar-refractivity contribution in [1.29, 1.82) is 0 Å². The molecule has 1 fully saturated rings. The fraction of sp³-hybridized carbons (Fsp3) is 0.688. The van der Waals surface area contributed by atoms with Gasteiger partial charge in [-0.2, -0.15) is 0 Å². The van der Waals surface area contributed by atoms with Crippen molar-refractivity contribution in [2.45, 2.75) is 39.2 Å². The molecule has 1 aliphatic rings. The van der Waals surface area contributed by atoms with Crippen LogP contribution in [0.3, 0.4) is 0 Å². The first-order valence-electron chi connectivity index (χ1n) is 8.01. The van der Waals surface area contributed by atoms with E-state index in [9.17, 15) is 4.79 Å². The molecule has 1 saturated heterocycles. The van der Waals surface area contributed by atoms with Crippen molar-refractivity contribution in [1.82, 2.24) is 14.9 Å². The van der Waals surface area contributed by atoms with E-state index in [1.165, 1.54) is 6.33 Å². The Labute approximate surface area is 137 Å². The number of amides is 1. The molecule has 0 atom stereocenters. The molecule has 2 N–H and O–H groups in total. The molecule has 0 aromatic carbocycles. The number of nitrogen functional groups attached to an aromatic ring is 1. The van der Waals surface area contributed by atoms with E-state index >= 15 is 0 Å². The van der Waals surface area contributed by atoms with Crippen LogP contribution in [0.1, 0.15) is 33.6 Å². The highest BCUT2D eigenvalue weighted by atomic mass is 16.6. The van der Waals surface area contributed by atoms with Crippen molar-refractivity contribution in [3.63, 3.8) is 0 Å². The van der Waals surface area contributed by atoms with Crippen LogP contribution < -0.4 is 10.6 Å². The first-order valence-corrected chi connectivity index (χ1v) is 8.01. The first-order chi connectivity index (χ1) is 10.7. The van der Waals surface area contributed by atoms with Crippen LogP contribution in [0.15, 0.2) is 12.4 Å². The van der Waals surface area contributed by atoms with Gasteiger partial charge in [0.05, 0.1) is 0 Å². The lowest BCUT2D eigenvalue weighted by Gasteiger charge is -2.35. The van der Waals surface area contributed by atoms with Gasteiger partial charge in [0.25, 0.3) is 0 Å². The number of carbonyl (C=O) groups excluding carboxylic acids is 1. The van der Waals surface area contributed by atoms with Crippen molar-refractivity contribution in [2.24, 2.45) is 5.92 Å². The zero-order valence-electron chi connectivity index (χ0n) is 14.5. The van der Waals surface area contributed by atoms with Crippen molar-refractivity contribution >= 4 is 17.7 Å². The summed E-state index contributed by atoms with van der Waals surface area (Å²) in [6.07, 6.45) is 3.19. The van der Waals surface area contributed by atoms with Gasteiger partial charge in [-0.1, -0.05) is 0 Å². The van der Waals surface area contributed by atoms with Gasteiger partial charge in [-0.05, 0) is 39.5 Å². The normalized spacial score (nSPS) is 16.3. The minimum Gasteiger partial charge on any atom is -0.444 e. The first kappa shape index (κ1) is 17.3. The van der Waals surface area contributed by atoms with Crippen LogP contribution in [0.4, 0.5) is 16.4 Å². The van der Waals surface area contributed by atoms with E-state index in [0.717, 1.165) is 38.3 Å². The van der Waals surface area contributed by atoms with Gasteiger partial charge < -0.3 is 20.3 Å². The standard InChI is InChI=1S/C16H27N5O2/c1-16(2,3)23-15(22)21-7-5-12(6-8-21)10-20(4)14-9-13(17)18-11-19-14/h9,11-12H,5-8,10H2,1-4H3,(H2,17,18,19). The smallest absolute Gasteiger partial charge is 0.410 e. The van der Waals surface area contributed by atoms with Gasteiger partial charge in [0.1, 0.15) is 23.6 Å². The molecule has 1 aliphatic heterocycles. The van der Waals surface area contributed by atoms with Crippen molar-refractivity contribution < 1.29 is 9.53 Å². The van der Waals surface area contributed by atoms with Gasteiger partial charge in [0.2, 0.25) is 0 Å². The second kappa shape index (κ2) is 7.02. The van der Waals surface area contributed by atoms with Crippen LogP contribution in [0.2, 0.25) is 0 Å². The Morgan fingerprint density at radius 2 is 2.04 bits per heavy atom. The molecule has 7 nitrogen and oxygen atoms in total. The van der Waals surface area contributed by atoms with E-state index in [1.807, 2.05) is 27.8 Å². The van der Waals surface area contributed by atoms with E-state index in [0.29, 0.717) is 11.7 Å². The number of ether oxygens (including phenoxy) is 1. The van der Waals surface area contributed by atoms with E-state index in [4.69, 9.17) is 10.5 Å². The Morgan fingerprint density at radius 1 is 1.39 bits per heavy atom. The molecule has 2 heterocycles. The summed E-state index contributed by atoms with van der Waals surface area (Å²) < 4.78 is 5.42. The SMILES string of the molecule is CN(CC1CCN(C(=O)OC(C)(C)C)CC1)c1cc(N)ncn1. The second-order valence-corrected chi connectivity index (χ2v) is 7.09. The predicted octanol–water partition coefficient (Wildman–Crippen LogP) is 2.14. The number of nitrogens with two attached hydrogens (primary N) is 1. The average molecular weight is 321 g/mol. The summed E-state index contributed by atoms with van der Waals surface area (Å²) in [4.78, 5) is 24.1. The van der Waals surface area contributed by atoms with Gasteiger partial charge in [-0.3, -0.25) is 0 Å². The third kappa shape index (κ3) is 5.26. The van der Waals surface area contributed by atoms with Gasteiger partial charge >= 0.3 is 6.09 Å². The summed E-state index contributed by atoms with van der Waals surface area (Å²) in [7, 11) is 2.00.